The molecule has 1 unspecified atom stereocenters. The van der Waals surface area contributed by atoms with Crippen molar-refractivity contribution in [2.24, 2.45) is 4.99 Å². The van der Waals surface area contributed by atoms with E-state index in [0.717, 1.165) is 12.1 Å². The lowest BCUT2D eigenvalue weighted by molar-refractivity contribution is -0.771. The summed E-state index contributed by atoms with van der Waals surface area (Å²) in [6, 6.07) is 3.63. The highest BCUT2D eigenvalue weighted by Gasteiger charge is 2.20. The van der Waals surface area contributed by atoms with Crippen LogP contribution in [0.4, 0.5) is 0 Å². The van der Waals surface area contributed by atoms with Gasteiger partial charge in [-0.25, -0.2) is 9.98 Å². The molecule has 0 N–H and O–H groups in total. The van der Waals surface area contributed by atoms with Gasteiger partial charge in [0.1, 0.15) is 23.1 Å². The van der Waals surface area contributed by atoms with E-state index in [1.54, 1.807) is 6.20 Å². The summed E-state index contributed by atoms with van der Waals surface area (Å²) in [5.74, 6) is 0. The van der Waals surface area contributed by atoms with Crippen molar-refractivity contribution in [3.63, 3.8) is 0 Å². The predicted octanol–water partition coefficient (Wildman–Crippen LogP) is 2.85. The highest BCUT2D eigenvalue weighted by atomic mass is 35.5. The Morgan fingerprint density at radius 1 is 1.27 bits per heavy atom. The van der Waals surface area contributed by atoms with Crippen LogP contribution in [0.1, 0.15) is 5.56 Å². The Morgan fingerprint density at radius 2 is 1.93 bits per heavy atom. The molecule has 0 bridgehead atoms. The fourth-order valence-electron chi connectivity index (χ4n) is 1.51. The third-order valence-corrected chi connectivity index (χ3v) is 2.56. The maximum absolute atomic E-state index is 5.83. The van der Waals surface area contributed by atoms with Crippen molar-refractivity contribution < 1.29 is 4.48 Å². The highest BCUT2D eigenvalue weighted by Crippen LogP contribution is 2.19. The van der Waals surface area contributed by atoms with Crippen molar-refractivity contribution in [1.29, 1.82) is 0 Å². The molecule has 1 aliphatic rings. The molecule has 0 aromatic carbocycles. The summed E-state index contributed by atoms with van der Waals surface area (Å²) >= 11 is 11.7. The smallest absolute Gasteiger partial charge is 0.194 e. The van der Waals surface area contributed by atoms with Crippen LogP contribution in [0, 0.1) is 0 Å². The molecule has 0 saturated carbocycles. The van der Waals surface area contributed by atoms with Crippen LogP contribution in [0.25, 0.3) is 0 Å². The molecule has 1 atom stereocenters. The second-order valence-corrected chi connectivity index (χ2v) is 4.46. The van der Waals surface area contributed by atoms with E-state index in [2.05, 4.69) is 17.0 Å². The number of halogens is 2. The van der Waals surface area contributed by atoms with Crippen LogP contribution in [0.3, 0.4) is 0 Å². The lowest BCUT2D eigenvalue weighted by Crippen LogP contribution is -2.33. The predicted molar refractivity (Wildman–Crippen MR) is 61.8 cm³/mol. The molecule has 15 heavy (non-hydrogen) atoms. The molecule has 2 rings (SSSR count). The first-order chi connectivity index (χ1) is 7.07. The van der Waals surface area contributed by atoms with Crippen molar-refractivity contribution in [1.82, 2.24) is 4.98 Å². The summed E-state index contributed by atoms with van der Waals surface area (Å²) in [6.07, 6.45) is 5.65. The highest BCUT2D eigenvalue weighted by molar-refractivity contribution is 6.32. The average Bonchev–Trinajstić information content (AvgIpc) is 2.49. The Morgan fingerprint density at radius 3 is 2.47 bits per heavy atom. The van der Waals surface area contributed by atoms with Gasteiger partial charge < -0.3 is 0 Å². The Labute approximate surface area is 98.3 Å². The summed E-state index contributed by atoms with van der Waals surface area (Å²) in [5, 5.41) is 0.841. The zero-order chi connectivity index (χ0) is 10.9. The summed E-state index contributed by atoms with van der Waals surface area (Å²) in [5.41, 5.74) is 1.04. The van der Waals surface area contributed by atoms with E-state index >= 15 is 0 Å². The van der Waals surface area contributed by atoms with E-state index in [-0.39, 0.29) is 0 Å². The molecule has 0 fully saturated rings. The molecular formula is C10H10Cl2N3+. The van der Waals surface area contributed by atoms with E-state index < -0.39 is 0 Å². The summed E-state index contributed by atoms with van der Waals surface area (Å²) in [6.45, 7) is 0.766. The molecule has 1 aromatic heterocycles. The molecule has 0 amide bonds. The van der Waals surface area contributed by atoms with Gasteiger partial charge in [-0.15, -0.1) is 0 Å². The standard InChI is InChI=1S/C10H10Cl2N3/c1-15(3-2-13-7-15)6-8-4-9(11)14-10(12)5-8/h2-5,7H,6H2,1H3/q+1. The number of hydrogen-bond donors (Lipinski definition) is 0. The number of hydrogen-bond acceptors (Lipinski definition) is 2. The second kappa shape index (κ2) is 3.93. The van der Waals surface area contributed by atoms with Crippen LogP contribution in [0.2, 0.25) is 10.3 Å². The van der Waals surface area contributed by atoms with Gasteiger partial charge in [0, 0.05) is 5.56 Å². The lowest BCUT2D eigenvalue weighted by Gasteiger charge is -2.21. The summed E-state index contributed by atoms with van der Waals surface area (Å²) in [7, 11) is 2.05. The van der Waals surface area contributed by atoms with E-state index in [4.69, 9.17) is 23.2 Å². The van der Waals surface area contributed by atoms with Crippen LogP contribution >= 0.6 is 23.2 Å². The Balaban J connectivity index is 2.24. The fourth-order valence-corrected chi connectivity index (χ4v) is 2.02. The lowest BCUT2D eigenvalue weighted by atomic mass is 10.2. The third kappa shape index (κ3) is 2.56. The first-order valence-corrected chi connectivity index (χ1v) is 5.22. The van der Waals surface area contributed by atoms with Gasteiger partial charge >= 0.3 is 0 Å². The minimum atomic E-state index is 0.421. The maximum atomic E-state index is 5.83. The average molecular weight is 243 g/mol. The number of rotatable bonds is 2. The van der Waals surface area contributed by atoms with Crippen LogP contribution < -0.4 is 0 Å². The molecule has 0 radical (unpaired) electrons. The number of pyridine rings is 1. The largest absolute Gasteiger partial charge is 0.252 e. The van der Waals surface area contributed by atoms with Crippen molar-refractivity contribution in [3.8, 4) is 0 Å². The monoisotopic (exact) mass is 242 g/mol. The van der Waals surface area contributed by atoms with Gasteiger partial charge in [-0.05, 0) is 12.1 Å². The molecule has 3 nitrogen and oxygen atoms in total. The van der Waals surface area contributed by atoms with Crippen molar-refractivity contribution in [3.05, 3.63) is 40.4 Å². The number of nitrogens with zero attached hydrogens (tertiary/aromatic N) is 3. The number of aliphatic imine (C=N–C) groups is 1. The molecule has 1 aromatic rings. The fraction of sp³-hybridized carbons (Fsp3) is 0.200. The summed E-state index contributed by atoms with van der Waals surface area (Å²) in [4.78, 5) is 7.97. The van der Waals surface area contributed by atoms with Gasteiger partial charge in [-0.1, -0.05) is 23.2 Å². The van der Waals surface area contributed by atoms with E-state index in [9.17, 15) is 0 Å². The quantitative estimate of drug-likeness (QED) is 0.579. The minimum Gasteiger partial charge on any atom is -0.252 e. The molecule has 0 spiro atoms. The van der Waals surface area contributed by atoms with Crippen LogP contribution in [-0.2, 0) is 6.54 Å². The summed E-state index contributed by atoms with van der Waals surface area (Å²) < 4.78 is 0.622. The van der Waals surface area contributed by atoms with Gasteiger partial charge in [-0.2, -0.15) is 0 Å². The SMILES string of the molecule is C[N+]1(Cc2cc(Cl)nc(Cl)c2)C=CN=C1. The first-order valence-electron chi connectivity index (χ1n) is 4.46. The van der Waals surface area contributed by atoms with E-state index in [0.29, 0.717) is 14.8 Å². The Bertz CT molecular complexity index is 408. The Hall–Kier alpha value is -0.900. The van der Waals surface area contributed by atoms with Crippen LogP contribution in [0.15, 0.2) is 29.5 Å². The molecule has 2 heterocycles. The number of aromatic nitrogens is 1. The molecule has 0 saturated heterocycles. The van der Waals surface area contributed by atoms with Gasteiger partial charge in [0.15, 0.2) is 6.34 Å². The van der Waals surface area contributed by atoms with Gasteiger partial charge in [-0.3, -0.25) is 4.48 Å². The number of quaternary nitrogens is 1. The normalized spacial score (nSPS) is 23.7. The van der Waals surface area contributed by atoms with Gasteiger partial charge in [0.05, 0.1) is 13.2 Å². The third-order valence-electron chi connectivity index (χ3n) is 2.17. The van der Waals surface area contributed by atoms with Crippen molar-refractivity contribution in [2.75, 3.05) is 7.05 Å². The topological polar surface area (TPSA) is 25.2 Å². The molecule has 78 valence electrons. The second-order valence-electron chi connectivity index (χ2n) is 3.69. The van der Waals surface area contributed by atoms with Gasteiger partial charge in [0.2, 0.25) is 0 Å². The van der Waals surface area contributed by atoms with Gasteiger partial charge in [0.25, 0.3) is 0 Å². The first kappa shape index (κ1) is 10.6. The van der Waals surface area contributed by atoms with Crippen molar-refractivity contribution in [2.45, 2.75) is 6.54 Å². The van der Waals surface area contributed by atoms with E-state index in [1.165, 1.54) is 0 Å². The molecule has 1 aliphatic heterocycles. The Kier molecular flexibility index (Phi) is 2.78. The molecule has 5 heteroatoms. The van der Waals surface area contributed by atoms with Crippen molar-refractivity contribution >= 4 is 29.5 Å². The zero-order valence-corrected chi connectivity index (χ0v) is 9.70. The van der Waals surface area contributed by atoms with Crippen LogP contribution in [-0.4, -0.2) is 22.9 Å². The maximum Gasteiger partial charge on any atom is 0.194 e. The molecule has 0 aliphatic carbocycles. The van der Waals surface area contributed by atoms with E-state index in [1.807, 2.05) is 24.7 Å². The molecular weight excluding hydrogens is 233 g/mol. The zero-order valence-electron chi connectivity index (χ0n) is 8.19. The van der Waals surface area contributed by atoms with Crippen LogP contribution in [0.5, 0.6) is 0 Å². The minimum absolute atomic E-state index is 0.421.